The average Bonchev–Trinajstić information content (AvgIpc) is 3.33. The van der Waals surface area contributed by atoms with Crippen LogP contribution >= 0.6 is 0 Å². The largest absolute Gasteiger partial charge is 0.309 e. The second kappa shape index (κ2) is 9.16. The van der Waals surface area contributed by atoms with Crippen LogP contribution in [-0.2, 0) is 4.79 Å². The van der Waals surface area contributed by atoms with Crippen LogP contribution in [0.2, 0.25) is 0 Å². The van der Waals surface area contributed by atoms with Crippen molar-refractivity contribution in [2.45, 2.75) is 59.3 Å². The molecule has 5 nitrogen and oxygen atoms in total. The second-order valence-corrected chi connectivity index (χ2v) is 6.33. The van der Waals surface area contributed by atoms with E-state index in [0.717, 1.165) is 29.1 Å². The fourth-order valence-corrected chi connectivity index (χ4v) is 2.53. The average molecular weight is 340 g/mol. The van der Waals surface area contributed by atoms with Gasteiger partial charge in [0.2, 0.25) is 5.91 Å². The van der Waals surface area contributed by atoms with Gasteiger partial charge in [-0.05, 0) is 51.7 Å². The van der Waals surface area contributed by atoms with Gasteiger partial charge in [0.05, 0.1) is 6.42 Å². The maximum Gasteiger partial charge on any atom is 0.231 e. The van der Waals surface area contributed by atoms with Crippen LogP contribution in [-0.4, -0.2) is 21.8 Å². The van der Waals surface area contributed by atoms with E-state index in [9.17, 15) is 4.79 Å². The van der Waals surface area contributed by atoms with Crippen LogP contribution < -0.4 is 5.32 Å². The maximum atomic E-state index is 12.3. The molecule has 0 spiro atoms. The third kappa shape index (κ3) is 6.18. The molecule has 0 unspecified atom stereocenters. The van der Waals surface area contributed by atoms with Crippen molar-refractivity contribution in [1.82, 2.24) is 10.2 Å². The number of carbonyl (C=O) groups excluding carboxylic acids is 1. The molecule has 2 rings (SSSR count). The van der Waals surface area contributed by atoms with Crippen LogP contribution in [0.1, 0.15) is 65.0 Å². The SMILES string of the molecule is C\C=C/C(C)=C\C(CC)=N/C(=C\C)CC(=O)Nc1cc(C2CC2)[nH]n1. The highest BCUT2D eigenvalue weighted by atomic mass is 16.1. The lowest BCUT2D eigenvalue weighted by atomic mass is 10.1. The van der Waals surface area contributed by atoms with Gasteiger partial charge >= 0.3 is 0 Å². The number of amides is 1. The number of aliphatic imine (C=N–C) groups is 1. The number of allylic oxidation sites excluding steroid dienone is 5. The van der Waals surface area contributed by atoms with Gasteiger partial charge in [-0.2, -0.15) is 5.10 Å². The van der Waals surface area contributed by atoms with Crippen LogP contribution in [0, 0.1) is 0 Å². The first-order chi connectivity index (χ1) is 12.0. The topological polar surface area (TPSA) is 70.1 Å². The summed E-state index contributed by atoms with van der Waals surface area (Å²) >= 11 is 0. The highest BCUT2D eigenvalue weighted by molar-refractivity contribution is 5.97. The molecule has 1 aliphatic carbocycles. The number of anilines is 1. The van der Waals surface area contributed by atoms with Crippen LogP contribution in [0.4, 0.5) is 5.82 Å². The zero-order valence-corrected chi connectivity index (χ0v) is 15.6. The van der Waals surface area contributed by atoms with Crippen LogP contribution in [0.3, 0.4) is 0 Å². The molecular formula is C20H28N4O. The Morgan fingerprint density at radius 1 is 1.44 bits per heavy atom. The molecule has 5 heteroatoms. The summed E-state index contributed by atoms with van der Waals surface area (Å²) < 4.78 is 0. The smallest absolute Gasteiger partial charge is 0.231 e. The molecule has 0 bridgehead atoms. The second-order valence-electron chi connectivity index (χ2n) is 6.33. The summed E-state index contributed by atoms with van der Waals surface area (Å²) in [6, 6.07) is 1.93. The Morgan fingerprint density at radius 2 is 2.20 bits per heavy atom. The minimum Gasteiger partial charge on any atom is -0.309 e. The number of nitrogens with zero attached hydrogens (tertiary/aromatic N) is 2. The molecule has 134 valence electrons. The predicted octanol–water partition coefficient (Wildman–Crippen LogP) is 4.89. The van der Waals surface area contributed by atoms with Gasteiger partial charge in [-0.1, -0.05) is 25.2 Å². The monoisotopic (exact) mass is 340 g/mol. The third-order valence-electron chi connectivity index (χ3n) is 4.03. The van der Waals surface area contributed by atoms with E-state index in [1.807, 2.05) is 45.1 Å². The van der Waals surface area contributed by atoms with E-state index in [1.54, 1.807) is 0 Å². The summed E-state index contributed by atoms with van der Waals surface area (Å²) in [6.45, 7) is 8.00. The first kappa shape index (κ1) is 18.9. The summed E-state index contributed by atoms with van der Waals surface area (Å²) in [5, 5.41) is 10.00. The number of nitrogens with one attached hydrogen (secondary N) is 2. The van der Waals surface area contributed by atoms with Gasteiger partial charge in [-0.25, -0.2) is 0 Å². The highest BCUT2D eigenvalue weighted by Gasteiger charge is 2.25. The minimum atomic E-state index is -0.102. The molecule has 1 amide bonds. The number of aromatic nitrogens is 2. The number of hydrogen-bond acceptors (Lipinski definition) is 3. The van der Waals surface area contributed by atoms with E-state index in [4.69, 9.17) is 0 Å². The maximum absolute atomic E-state index is 12.3. The van der Waals surface area contributed by atoms with Gasteiger partial charge in [0, 0.05) is 29.1 Å². The first-order valence-corrected chi connectivity index (χ1v) is 8.94. The standard InChI is InChI=1S/C20H28N4O/c1-5-8-14(4)11-16(6-2)21-17(7-3)12-20(25)22-19-13-18(23-24-19)15-9-10-15/h5,7-8,11,13,15H,6,9-10,12H2,1-4H3,(H2,22,23,24,25)/b8-5-,14-11-,17-7-,21-16-. The Bertz CT molecular complexity index is 718. The Balaban J connectivity index is 1.98. The van der Waals surface area contributed by atoms with Crippen LogP contribution in [0.15, 0.2) is 46.6 Å². The van der Waals surface area contributed by atoms with Crippen molar-refractivity contribution in [1.29, 1.82) is 0 Å². The molecule has 1 aliphatic rings. The fraction of sp³-hybridized carbons (Fsp3) is 0.450. The van der Waals surface area contributed by atoms with Gasteiger partial charge in [0.25, 0.3) is 0 Å². The third-order valence-corrected chi connectivity index (χ3v) is 4.03. The summed E-state index contributed by atoms with van der Waals surface area (Å²) in [5.74, 6) is 1.08. The van der Waals surface area contributed by atoms with E-state index in [2.05, 4.69) is 33.5 Å². The van der Waals surface area contributed by atoms with Crippen molar-refractivity contribution in [3.05, 3.63) is 47.3 Å². The van der Waals surface area contributed by atoms with Gasteiger partial charge < -0.3 is 5.32 Å². The van der Waals surface area contributed by atoms with Crippen LogP contribution in [0.25, 0.3) is 0 Å². The van der Waals surface area contributed by atoms with Gasteiger partial charge in [-0.15, -0.1) is 0 Å². The van der Waals surface area contributed by atoms with E-state index in [-0.39, 0.29) is 12.3 Å². The van der Waals surface area contributed by atoms with Gasteiger partial charge in [-0.3, -0.25) is 14.9 Å². The van der Waals surface area contributed by atoms with E-state index in [1.165, 1.54) is 12.8 Å². The Labute approximate surface area is 150 Å². The number of aromatic amines is 1. The molecular weight excluding hydrogens is 312 g/mol. The molecule has 0 radical (unpaired) electrons. The molecule has 0 aliphatic heterocycles. The number of H-pyrrole nitrogens is 1. The molecule has 1 heterocycles. The van der Waals surface area contributed by atoms with Crippen LogP contribution in [0.5, 0.6) is 0 Å². The number of hydrogen-bond donors (Lipinski definition) is 2. The normalized spacial score (nSPS) is 16.6. The molecule has 1 aromatic heterocycles. The minimum absolute atomic E-state index is 0.102. The van der Waals surface area contributed by atoms with E-state index >= 15 is 0 Å². The van der Waals surface area contributed by atoms with Crippen molar-refractivity contribution in [3.8, 4) is 0 Å². The predicted molar refractivity (Wildman–Crippen MR) is 104 cm³/mol. The van der Waals surface area contributed by atoms with E-state index in [0.29, 0.717) is 11.7 Å². The lowest BCUT2D eigenvalue weighted by molar-refractivity contribution is -0.115. The molecule has 0 atom stereocenters. The highest BCUT2D eigenvalue weighted by Crippen LogP contribution is 2.39. The molecule has 1 aromatic rings. The van der Waals surface area contributed by atoms with E-state index < -0.39 is 0 Å². The molecule has 0 aromatic carbocycles. The lowest BCUT2D eigenvalue weighted by Crippen LogP contribution is -2.12. The Hall–Kier alpha value is -2.43. The number of rotatable bonds is 8. The molecule has 25 heavy (non-hydrogen) atoms. The van der Waals surface area contributed by atoms with Crippen molar-refractivity contribution in [2.75, 3.05) is 5.32 Å². The van der Waals surface area contributed by atoms with Gasteiger partial charge in [0.1, 0.15) is 0 Å². The van der Waals surface area contributed by atoms with Crippen molar-refractivity contribution < 1.29 is 4.79 Å². The summed E-state index contributed by atoms with van der Waals surface area (Å²) in [4.78, 5) is 16.9. The zero-order valence-electron chi connectivity index (χ0n) is 15.6. The van der Waals surface area contributed by atoms with Crippen molar-refractivity contribution in [2.24, 2.45) is 4.99 Å². The summed E-state index contributed by atoms with van der Waals surface area (Å²) in [6.07, 6.45) is 11.4. The van der Waals surface area contributed by atoms with Crippen molar-refractivity contribution >= 4 is 17.4 Å². The molecule has 1 fully saturated rings. The number of carbonyl (C=O) groups is 1. The Kier molecular flexibility index (Phi) is 6.92. The summed E-state index contributed by atoms with van der Waals surface area (Å²) in [5.41, 5.74) is 3.98. The first-order valence-electron chi connectivity index (χ1n) is 8.94. The molecule has 2 N–H and O–H groups in total. The Morgan fingerprint density at radius 3 is 2.80 bits per heavy atom. The van der Waals surface area contributed by atoms with Gasteiger partial charge in [0.15, 0.2) is 5.82 Å². The molecule has 1 saturated carbocycles. The zero-order chi connectivity index (χ0) is 18.2. The fourth-order valence-electron chi connectivity index (χ4n) is 2.53. The van der Waals surface area contributed by atoms with Crippen molar-refractivity contribution in [3.63, 3.8) is 0 Å². The summed E-state index contributed by atoms with van der Waals surface area (Å²) in [7, 11) is 0. The quantitative estimate of drug-likeness (QED) is 0.522. The molecule has 0 saturated heterocycles. The lowest BCUT2D eigenvalue weighted by Gasteiger charge is -2.05.